The summed E-state index contributed by atoms with van der Waals surface area (Å²) in [5.41, 5.74) is 10.4. The van der Waals surface area contributed by atoms with Gasteiger partial charge in [-0.3, -0.25) is 0 Å². The molecule has 0 amide bonds. The Balaban J connectivity index is 2.02. The van der Waals surface area contributed by atoms with Crippen LogP contribution in [0.2, 0.25) is 0 Å². The highest BCUT2D eigenvalue weighted by molar-refractivity contribution is 5.68. The maximum absolute atomic E-state index is 5.76. The molecule has 19 heavy (non-hydrogen) atoms. The Morgan fingerprint density at radius 3 is 2.42 bits per heavy atom. The first-order chi connectivity index (χ1) is 9.28. The van der Waals surface area contributed by atoms with Gasteiger partial charge >= 0.3 is 0 Å². The minimum Gasteiger partial charge on any atom is -0.486 e. The summed E-state index contributed by atoms with van der Waals surface area (Å²) < 4.78 is 11.1. The Morgan fingerprint density at radius 1 is 0.947 bits per heavy atom. The lowest BCUT2D eigenvalue weighted by molar-refractivity contribution is 0.171. The Morgan fingerprint density at radius 2 is 1.63 bits per heavy atom. The molecule has 0 fully saturated rings. The van der Waals surface area contributed by atoms with Gasteiger partial charge in [-0.2, -0.15) is 0 Å². The summed E-state index contributed by atoms with van der Waals surface area (Å²) in [4.78, 5) is 0. The molecule has 0 saturated heterocycles. The Hall–Kier alpha value is -2.00. The van der Waals surface area contributed by atoms with Gasteiger partial charge in [-0.15, -0.1) is 0 Å². The van der Waals surface area contributed by atoms with Crippen LogP contribution in [-0.2, 0) is 6.54 Å². The highest BCUT2D eigenvalue weighted by atomic mass is 16.6. The number of aryl methyl sites for hydroxylation is 1. The van der Waals surface area contributed by atoms with Crippen molar-refractivity contribution < 1.29 is 9.47 Å². The third kappa shape index (κ3) is 2.29. The van der Waals surface area contributed by atoms with Crippen molar-refractivity contribution in [3.05, 3.63) is 47.5 Å². The Kier molecular flexibility index (Phi) is 3.13. The molecule has 98 valence electrons. The molecule has 0 aliphatic carbocycles. The van der Waals surface area contributed by atoms with Crippen molar-refractivity contribution in [3.63, 3.8) is 0 Å². The molecular weight excluding hydrogens is 238 g/mol. The second-order valence-electron chi connectivity index (χ2n) is 4.70. The van der Waals surface area contributed by atoms with Gasteiger partial charge in [0.05, 0.1) is 0 Å². The van der Waals surface area contributed by atoms with E-state index in [9.17, 15) is 0 Å². The van der Waals surface area contributed by atoms with Crippen molar-refractivity contribution >= 4 is 0 Å². The number of nitrogens with two attached hydrogens (primary N) is 1. The molecule has 3 heteroatoms. The van der Waals surface area contributed by atoms with E-state index >= 15 is 0 Å². The zero-order chi connectivity index (χ0) is 13.2. The highest BCUT2D eigenvalue weighted by Crippen LogP contribution is 2.34. The minimum absolute atomic E-state index is 0.560. The van der Waals surface area contributed by atoms with E-state index in [4.69, 9.17) is 15.2 Å². The number of rotatable bonds is 2. The van der Waals surface area contributed by atoms with Crippen molar-refractivity contribution in [2.45, 2.75) is 13.5 Å². The van der Waals surface area contributed by atoms with Crippen molar-refractivity contribution in [1.29, 1.82) is 0 Å². The molecular formula is C16H17NO2. The van der Waals surface area contributed by atoms with E-state index < -0.39 is 0 Å². The number of benzene rings is 2. The summed E-state index contributed by atoms with van der Waals surface area (Å²) in [6.07, 6.45) is 0. The van der Waals surface area contributed by atoms with Crippen molar-refractivity contribution in [2.75, 3.05) is 13.2 Å². The van der Waals surface area contributed by atoms with Gasteiger partial charge in [-0.05, 0) is 47.4 Å². The van der Waals surface area contributed by atoms with Crippen molar-refractivity contribution in [1.82, 2.24) is 0 Å². The first-order valence-electron chi connectivity index (χ1n) is 6.47. The first-order valence-corrected chi connectivity index (χ1v) is 6.47. The first kappa shape index (κ1) is 12.1. The number of hydrogen-bond donors (Lipinski definition) is 1. The van der Waals surface area contributed by atoms with Crippen LogP contribution in [0.3, 0.4) is 0 Å². The average molecular weight is 255 g/mol. The second-order valence-corrected chi connectivity index (χ2v) is 4.70. The quantitative estimate of drug-likeness (QED) is 0.897. The van der Waals surface area contributed by atoms with Crippen LogP contribution in [-0.4, -0.2) is 13.2 Å². The predicted octanol–water partition coefficient (Wildman–Crippen LogP) is 2.89. The van der Waals surface area contributed by atoms with Gasteiger partial charge in [-0.1, -0.05) is 18.2 Å². The second kappa shape index (κ2) is 4.94. The molecule has 0 radical (unpaired) electrons. The number of fused-ring (bicyclic) bond motifs is 1. The highest BCUT2D eigenvalue weighted by Gasteiger charge is 2.12. The molecule has 0 atom stereocenters. The van der Waals surface area contributed by atoms with E-state index in [1.165, 1.54) is 11.1 Å². The summed E-state index contributed by atoms with van der Waals surface area (Å²) in [6.45, 7) is 3.87. The maximum Gasteiger partial charge on any atom is 0.161 e. The van der Waals surface area contributed by atoms with E-state index in [0.29, 0.717) is 19.8 Å². The molecule has 1 aliphatic heterocycles. The molecule has 2 aromatic carbocycles. The van der Waals surface area contributed by atoms with Crippen LogP contribution < -0.4 is 15.2 Å². The molecule has 1 aliphatic rings. The fourth-order valence-electron chi connectivity index (χ4n) is 2.29. The molecule has 0 aromatic heterocycles. The molecule has 1 heterocycles. The lowest BCUT2D eigenvalue weighted by Crippen LogP contribution is -2.15. The lowest BCUT2D eigenvalue weighted by Gasteiger charge is -2.19. The van der Waals surface area contributed by atoms with Crippen LogP contribution in [0.25, 0.3) is 11.1 Å². The van der Waals surface area contributed by atoms with E-state index in [1.807, 2.05) is 12.1 Å². The topological polar surface area (TPSA) is 44.5 Å². The average Bonchev–Trinajstić information content (AvgIpc) is 2.47. The Bertz CT molecular complexity index is 608. The largest absolute Gasteiger partial charge is 0.486 e. The summed E-state index contributed by atoms with van der Waals surface area (Å²) in [5.74, 6) is 1.64. The predicted molar refractivity (Wildman–Crippen MR) is 75.5 cm³/mol. The minimum atomic E-state index is 0.560. The van der Waals surface area contributed by atoms with Gasteiger partial charge in [0.15, 0.2) is 11.5 Å². The van der Waals surface area contributed by atoms with Crippen molar-refractivity contribution in [2.24, 2.45) is 5.73 Å². The summed E-state index contributed by atoms with van der Waals surface area (Å²) in [6, 6.07) is 12.4. The van der Waals surface area contributed by atoms with Crippen LogP contribution in [0.5, 0.6) is 11.5 Å². The van der Waals surface area contributed by atoms with Crippen LogP contribution >= 0.6 is 0 Å². The molecule has 0 unspecified atom stereocenters. The van der Waals surface area contributed by atoms with E-state index in [-0.39, 0.29) is 0 Å². The third-order valence-corrected chi connectivity index (χ3v) is 3.44. The summed E-state index contributed by atoms with van der Waals surface area (Å²) in [5, 5.41) is 0. The van der Waals surface area contributed by atoms with Gasteiger partial charge in [0.2, 0.25) is 0 Å². The fourth-order valence-corrected chi connectivity index (χ4v) is 2.29. The molecule has 0 spiro atoms. The lowest BCUT2D eigenvalue weighted by atomic mass is 9.99. The van der Waals surface area contributed by atoms with Gasteiger partial charge in [-0.25, -0.2) is 0 Å². The van der Waals surface area contributed by atoms with Crippen LogP contribution in [0.4, 0.5) is 0 Å². The molecule has 2 aromatic rings. The smallest absolute Gasteiger partial charge is 0.161 e. The molecule has 3 nitrogen and oxygen atoms in total. The van der Waals surface area contributed by atoms with Crippen LogP contribution in [0.1, 0.15) is 11.1 Å². The zero-order valence-electron chi connectivity index (χ0n) is 11.0. The van der Waals surface area contributed by atoms with E-state index in [0.717, 1.165) is 22.6 Å². The molecule has 0 saturated carbocycles. The zero-order valence-corrected chi connectivity index (χ0v) is 11.0. The fraction of sp³-hybridized carbons (Fsp3) is 0.250. The van der Waals surface area contributed by atoms with Gasteiger partial charge in [0, 0.05) is 6.54 Å². The number of ether oxygens (including phenoxy) is 2. The molecule has 0 bridgehead atoms. The SMILES string of the molecule is Cc1ccc(-c2ccc3c(c2)OCCO3)cc1CN. The third-order valence-electron chi connectivity index (χ3n) is 3.44. The van der Waals surface area contributed by atoms with E-state index in [2.05, 4.69) is 31.2 Å². The number of hydrogen-bond acceptors (Lipinski definition) is 3. The van der Waals surface area contributed by atoms with Crippen molar-refractivity contribution in [3.8, 4) is 22.6 Å². The monoisotopic (exact) mass is 255 g/mol. The van der Waals surface area contributed by atoms with Crippen LogP contribution in [0.15, 0.2) is 36.4 Å². The normalized spacial score (nSPS) is 13.4. The summed E-state index contributed by atoms with van der Waals surface area (Å²) >= 11 is 0. The van der Waals surface area contributed by atoms with Crippen LogP contribution in [0, 0.1) is 6.92 Å². The van der Waals surface area contributed by atoms with Gasteiger partial charge < -0.3 is 15.2 Å². The Labute approximate surface area is 113 Å². The molecule has 3 rings (SSSR count). The molecule has 2 N–H and O–H groups in total. The van der Waals surface area contributed by atoms with Gasteiger partial charge in [0.1, 0.15) is 13.2 Å². The standard InChI is InChI=1S/C16H17NO2/c1-11-2-3-12(8-14(11)10-17)13-4-5-15-16(9-13)19-7-6-18-15/h2-5,8-9H,6-7,10,17H2,1H3. The van der Waals surface area contributed by atoms with E-state index in [1.54, 1.807) is 0 Å². The summed E-state index contributed by atoms with van der Waals surface area (Å²) in [7, 11) is 0. The maximum atomic E-state index is 5.76. The van der Waals surface area contributed by atoms with Gasteiger partial charge in [0.25, 0.3) is 0 Å².